The molecule has 0 bridgehead atoms. The van der Waals surface area contributed by atoms with E-state index in [1.807, 2.05) is 0 Å². The summed E-state index contributed by atoms with van der Waals surface area (Å²) in [5.74, 6) is -13.7. The molecule has 2 nitrogen and oxygen atoms in total. The van der Waals surface area contributed by atoms with E-state index in [1.165, 1.54) is 30.3 Å². The lowest BCUT2D eigenvalue weighted by atomic mass is 10.0. The minimum Gasteiger partial charge on any atom is -0.387 e. The Morgan fingerprint density at radius 3 is 1.73 bits per heavy atom. The maximum atomic E-state index is 14.2. The standard InChI is InChI=1S/C16H11F8NO/c1-7(15(26)8-5-3-2-4-6-8)25(24)16(22,23)9-10(17)12(19)14(21)13(20)11(9)18/h2-7,15,26H,1H3. The Labute approximate surface area is 142 Å². The molecule has 0 aromatic heterocycles. The Morgan fingerprint density at radius 2 is 1.27 bits per heavy atom. The summed E-state index contributed by atoms with van der Waals surface area (Å²) in [7, 11) is 0. The lowest BCUT2D eigenvalue weighted by molar-refractivity contribution is -0.276. The number of nitrogens with zero attached hydrogens (tertiary/aromatic N) is 1. The van der Waals surface area contributed by atoms with Crippen LogP contribution in [0, 0.1) is 29.1 Å². The summed E-state index contributed by atoms with van der Waals surface area (Å²) in [4.78, 5) is 0. The number of hydrogen-bond donors (Lipinski definition) is 1. The van der Waals surface area contributed by atoms with E-state index in [9.17, 15) is 40.3 Å². The monoisotopic (exact) mass is 385 g/mol. The molecule has 0 saturated carbocycles. The van der Waals surface area contributed by atoms with E-state index < -0.39 is 58.0 Å². The van der Waals surface area contributed by atoms with Gasteiger partial charge in [-0.1, -0.05) is 35.5 Å². The fraction of sp³-hybridized carbons (Fsp3) is 0.250. The first-order valence-electron chi connectivity index (χ1n) is 7.09. The molecule has 0 heterocycles. The summed E-state index contributed by atoms with van der Waals surface area (Å²) in [5, 5.41) is 8.50. The van der Waals surface area contributed by atoms with E-state index in [1.54, 1.807) is 0 Å². The van der Waals surface area contributed by atoms with Crippen molar-refractivity contribution in [1.82, 2.24) is 5.12 Å². The zero-order valence-corrected chi connectivity index (χ0v) is 13.0. The van der Waals surface area contributed by atoms with Gasteiger partial charge in [-0.3, -0.25) is 0 Å². The predicted molar refractivity (Wildman–Crippen MR) is 73.9 cm³/mol. The van der Waals surface area contributed by atoms with Crippen LogP contribution in [0.15, 0.2) is 30.3 Å². The molecule has 2 atom stereocenters. The van der Waals surface area contributed by atoms with Crippen molar-refractivity contribution < 1.29 is 40.3 Å². The van der Waals surface area contributed by atoms with Crippen LogP contribution in [0.1, 0.15) is 24.2 Å². The summed E-state index contributed by atoms with van der Waals surface area (Å²) >= 11 is 0. The molecule has 0 radical (unpaired) electrons. The van der Waals surface area contributed by atoms with Crippen molar-refractivity contribution in [3.05, 3.63) is 70.5 Å². The Morgan fingerprint density at radius 1 is 0.846 bits per heavy atom. The molecule has 10 heteroatoms. The first-order chi connectivity index (χ1) is 12.0. The van der Waals surface area contributed by atoms with Gasteiger partial charge in [0, 0.05) is 0 Å². The van der Waals surface area contributed by atoms with Gasteiger partial charge in [-0.15, -0.1) is 4.48 Å². The van der Waals surface area contributed by atoms with Crippen molar-refractivity contribution >= 4 is 0 Å². The highest BCUT2D eigenvalue weighted by molar-refractivity contribution is 5.28. The summed E-state index contributed by atoms with van der Waals surface area (Å²) in [5.41, 5.74) is -2.65. The first kappa shape index (κ1) is 20.1. The molecule has 0 aliphatic carbocycles. The van der Waals surface area contributed by atoms with Gasteiger partial charge < -0.3 is 5.11 Å². The molecule has 2 unspecified atom stereocenters. The third-order valence-corrected chi connectivity index (χ3v) is 3.73. The van der Waals surface area contributed by atoms with Gasteiger partial charge >= 0.3 is 6.05 Å². The molecule has 0 saturated heterocycles. The number of aliphatic hydroxyl groups excluding tert-OH is 1. The fourth-order valence-electron chi connectivity index (χ4n) is 2.28. The van der Waals surface area contributed by atoms with Gasteiger partial charge in [-0.05, 0) is 12.5 Å². The van der Waals surface area contributed by atoms with Gasteiger partial charge in [-0.25, -0.2) is 22.0 Å². The van der Waals surface area contributed by atoms with Crippen LogP contribution < -0.4 is 0 Å². The molecule has 26 heavy (non-hydrogen) atoms. The summed E-state index contributed by atoms with van der Waals surface area (Å²) in [6.45, 7) is 0.748. The van der Waals surface area contributed by atoms with E-state index in [4.69, 9.17) is 0 Å². The summed E-state index contributed by atoms with van der Waals surface area (Å²) < 4.78 is 109. The maximum Gasteiger partial charge on any atom is 0.362 e. The second-order valence-electron chi connectivity index (χ2n) is 5.39. The molecule has 2 aromatic carbocycles. The zero-order valence-electron chi connectivity index (χ0n) is 13.0. The smallest absolute Gasteiger partial charge is 0.362 e. The van der Waals surface area contributed by atoms with Crippen LogP contribution in [0.25, 0.3) is 0 Å². The average Bonchev–Trinajstić information content (AvgIpc) is 2.63. The van der Waals surface area contributed by atoms with Crippen LogP contribution in [-0.2, 0) is 6.05 Å². The SMILES string of the molecule is CC(C(O)c1ccccc1)N(F)C(F)(F)c1c(F)c(F)c(F)c(F)c1F. The lowest BCUT2D eigenvalue weighted by Gasteiger charge is -2.31. The second-order valence-corrected chi connectivity index (χ2v) is 5.39. The van der Waals surface area contributed by atoms with Crippen molar-refractivity contribution in [3.8, 4) is 0 Å². The Hall–Kier alpha value is -2.20. The molecule has 2 rings (SSSR count). The number of aliphatic hydroxyl groups is 1. The normalized spacial score (nSPS) is 14.6. The highest BCUT2D eigenvalue weighted by Gasteiger charge is 2.51. The van der Waals surface area contributed by atoms with Gasteiger partial charge in [0.15, 0.2) is 23.3 Å². The Bertz CT molecular complexity index is 770. The molecular formula is C16H11F8NO. The van der Waals surface area contributed by atoms with E-state index in [0.717, 1.165) is 6.92 Å². The van der Waals surface area contributed by atoms with Crippen molar-refractivity contribution in [2.45, 2.75) is 25.1 Å². The van der Waals surface area contributed by atoms with Gasteiger partial charge in [-0.2, -0.15) is 8.78 Å². The Balaban J connectivity index is 2.47. The minimum absolute atomic E-state index is 0.00383. The molecule has 2 aromatic rings. The van der Waals surface area contributed by atoms with Gasteiger partial charge in [0.25, 0.3) is 0 Å². The van der Waals surface area contributed by atoms with E-state index in [-0.39, 0.29) is 5.56 Å². The van der Waals surface area contributed by atoms with E-state index in [0.29, 0.717) is 0 Å². The van der Waals surface area contributed by atoms with Crippen LogP contribution in [0.5, 0.6) is 0 Å². The highest BCUT2D eigenvalue weighted by atomic mass is 19.3. The van der Waals surface area contributed by atoms with E-state index >= 15 is 0 Å². The molecule has 0 amide bonds. The highest BCUT2D eigenvalue weighted by Crippen LogP contribution is 2.41. The average molecular weight is 385 g/mol. The van der Waals surface area contributed by atoms with Gasteiger partial charge in [0.1, 0.15) is 5.56 Å². The van der Waals surface area contributed by atoms with Gasteiger partial charge in [0.2, 0.25) is 5.82 Å². The number of halogens is 8. The number of hydrogen-bond acceptors (Lipinski definition) is 2. The fourth-order valence-corrected chi connectivity index (χ4v) is 2.28. The molecule has 0 fully saturated rings. The number of rotatable bonds is 5. The molecule has 0 aliphatic rings. The summed E-state index contributed by atoms with van der Waals surface area (Å²) in [6, 6.07) is -0.457. The second kappa shape index (κ2) is 7.20. The molecule has 0 spiro atoms. The van der Waals surface area contributed by atoms with Crippen molar-refractivity contribution in [2.75, 3.05) is 0 Å². The van der Waals surface area contributed by atoms with Crippen LogP contribution in [0.3, 0.4) is 0 Å². The number of benzene rings is 2. The van der Waals surface area contributed by atoms with Crippen LogP contribution in [0.2, 0.25) is 0 Å². The van der Waals surface area contributed by atoms with Crippen LogP contribution in [-0.4, -0.2) is 16.3 Å². The van der Waals surface area contributed by atoms with Crippen LogP contribution in [0.4, 0.5) is 35.2 Å². The zero-order chi connectivity index (χ0) is 19.8. The Kier molecular flexibility index (Phi) is 5.57. The lowest BCUT2D eigenvalue weighted by Crippen LogP contribution is -2.43. The molecule has 142 valence electrons. The largest absolute Gasteiger partial charge is 0.387 e. The maximum absolute atomic E-state index is 14.2. The van der Waals surface area contributed by atoms with Gasteiger partial charge in [0.05, 0.1) is 12.1 Å². The topological polar surface area (TPSA) is 23.5 Å². The van der Waals surface area contributed by atoms with Crippen molar-refractivity contribution in [2.24, 2.45) is 0 Å². The van der Waals surface area contributed by atoms with Crippen molar-refractivity contribution in [1.29, 1.82) is 0 Å². The number of alkyl halides is 2. The van der Waals surface area contributed by atoms with E-state index in [2.05, 4.69) is 0 Å². The molecule has 1 N–H and O–H groups in total. The molecular weight excluding hydrogens is 374 g/mol. The molecule has 0 aliphatic heterocycles. The quantitative estimate of drug-likeness (QED) is 0.264. The summed E-state index contributed by atoms with van der Waals surface area (Å²) in [6.07, 6.45) is -1.88. The minimum atomic E-state index is -5.25. The first-order valence-corrected chi connectivity index (χ1v) is 7.09. The third-order valence-electron chi connectivity index (χ3n) is 3.73. The predicted octanol–water partition coefficient (Wildman–Crippen LogP) is 4.74. The third kappa shape index (κ3) is 3.26. The van der Waals surface area contributed by atoms with Crippen LogP contribution >= 0.6 is 0 Å². The van der Waals surface area contributed by atoms with Crippen molar-refractivity contribution in [3.63, 3.8) is 0 Å².